The fraction of sp³-hybridized carbons (Fsp3) is 0.0625. The van der Waals surface area contributed by atoms with Crippen LogP contribution in [-0.4, -0.2) is 18.0 Å². The molecule has 1 heterocycles. The predicted molar refractivity (Wildman–Crippen MR) is 89.3 cm³/mol. The van der Waals surface area contributed by atoms with E-state index in [1.165, 1.54) is 0 Å². The first-order valence-electron chi connectivity index (χ1n) is 6.50. The molecule has 4 nitrogen and oxygen atoms in total. The van der Waals surface area contributed by atoms with Crippen molar-refractivity contribution in [1.29, 1.82) is 0 Å². The molecule has 0 saturated carbocycles. The number of carbonyl (C=O) groups excluding carboxylic acids is 1. The standard InChI is InChI=1S/C16H12Cl2N2O2/c1-22-11-3-5-13-9(6-11)7-15(19-13)16(21)20-14-8-10(17)2-4-12(14)18/h2-8,19H,1H3,(H,20,21). The van der Waals surface area contributed by atoms with Gasteiger partial charge in [-0.2, -0.15) is 0 Å². The van der Waals surface area contributed by atoms with Gasteiger partial charge in [0.05, 0.1) is 17.8 Å². The minimum atomic E-state index is -0.292. The molecule has 0 aliphatic rings. The normalized spacial score (nSPS) is 10.7. The summed E-state index contributed by atoms with van der Waals surface area (Å²) in [5, 5.41) is 4.56. The van der Waals surface area contributed by atoms with Crippen LogP contribution in [0.4, 0.5) is 5.69 Å². The Morgan fingerprint density at radius 3 is 2.73 bits per heavy atom. The van der Waals surface area contributed by atoms with E-state index in [0.717, 1.165) is 16.7 Å². The van der Waals surface area contributed by atoms with Crippen LogP contribution >= 0.6 is 23.2 Å². The van der Waals surface area contributed by atoms with E-state index in [4.69, 9.17) is 27.9 Å². The second-order valence-corrected chi connectivity index (χ2v) is 5.56. The van der Waals surface area contributed by atoms with Gasteiger partial charge in [-0.05, 0) is 42.5 Å². The minimum absolute atomic E-state index is 0.292. The van der Waals surface area contributed by atoms with Crippen LogP contribution in [0.5, 0.6) is 5.75 Å². The first kappa shape index (κ1) is 14.8. The molecule has 0 spiro atoms. The highest BCUT2D eigenvalue weighted by Crippen LogP contribution is 2.27. The molecule has 3 rings (SSSR count). The SMILES string of the molecule is COc1ccc2[nH]c(C(=O)Nc3cc(Cl)ccc3Cl)cc2c1. The molecule has 0 fully saturated rings. The lowest BCUT2D eigenvalue weighted by Gasteiger charge is -2.06. The first-order chi connectivity index (χ1) is 10.6. The molecule has 6 heteroatoms. The number of amides is 1. The number of fused-ring (bicyclic) bond motifs is 1. The zero-order valence-electron chi connectivity index (χ0n) is 11.6. The van der Waals surface area contributed by atoms with Crippen molar-refractivity contribution in [3.63, 3.8) is 0 Å². The molecule has 22 heavy (non-hydrogen) atoms. The van der Waals surface area contributed by atoms with Gasteiger partial charge in [0.25, 0.3) is 5.91 Å². The number of benzene rings is 2. The molecule has 0 aliphatic carbocycles. The summed E-state index contributed by atoms with van der Waals surface area (Å²) in [6.07, 6.45) is 0. The predicted octanol–water partition coefficient (Wildman–Crippen LogP) is 4.74. The number of hydrogen-bond acceptors (Lipinski definition) is 2. The Labute approximate surface area is 137 Å². The van der Waals surface area contributed by atoms with E-state index in [1.807, 2.05) is 18.2 Å². The van der Waals surface area contributed by atoms with Gasteiger partial charge in [-0.1, -0.05) is 23.2 Å². The Hall–Kier alpha value is -2.17. The van der Waals surface area contributed by atoms with Gasteiger partial charge in [0.2, 0.25) is 0 Å². The zero-order valence-corrected chi connectivity index (χ0v) is 13.1. The number of anilines is 1. The van der Waals surface area contributed by atoms with Gasteiger partial charge < -0.3 is 15.0 Å². The zero-order chi connectivity index (χ0) is 15.7. The van der Waals surface area contributed by atoms with E-state index in [0.29, 0.717) is 21.4 Å². The van der Waals surface area contributed by atoms with Gasteiger partial charge in [0, 0.05) is 15.9 Å². The van der Waals surface area contributed by atoms with Crippen molar-refractivity contribution in [1.82, 2.24) is 4.98 Å². The Balaban J connectivity index is 1.90. The number of halogens is 2. The molecule has 1 aromatic heterocycles. The summed E-state index contributed by atoms with van der Waals surface area (Å²) >= 11 is 12.0. The first-order valence-corrected chi connectivity index (χ1v) is 7.25. The third-order valence-electron chi connectivity index (χ3n) is 3.25. The van der Waals surface area contributed by atoms with Crippen LogP contribution in [0.15, 0.2) is 42.5 Å². The van der Waals surface area contributed by atoms with Gasteiger partial charge in [-0.15, -0.1) is 0 Å². The van der Waals surface area contributed by atoms with Gasteiger partial charge in [-0.3, -0.25) is 4.79 Å². The van der Waals surface area contributed by atoms with Crippen molar-refractivity contribution < 1.29 is 9.53 Å². The van der Waals surface area contributed by atoms with Crippen LogP contribution in [0.3, 0.4) is 0 Å². The largest absolute Gasteiger partial charge is 0.497 e. The van der Waals surface area contributed by atoms with E-state index in [9.17, 15) is 4.79 Å². The van der Waals surface area contributed by atoms with E-state index >= 15 is 0 Å². The van der Waals surface area contributed by atoms with E-state index in [-0.39, 0.29) is 5.91 Å². The summed E-state index contributed by atoms with van der Waals surface area (Å²) in [4.78, 5) is 15.4. The summed E-state index contributed by atoms with van der Waals surface area (Å²) in [5.41, 5.74) is 1.75. The number of hydrogen-bond donors (Lipinski definition) is 2. The van der Waals surface area contributed by atoms with E-state index in [2.05, 4.69) is 10.3 Å². The van der Waals surface area contributed by atoms with Crippen molar-refractivity contribution >= 4 is 45.7 Å². The number of ether oxygens (including phenoxy) is 1. The summed E-state index contributed by atoms with van der Waals surface area (Å²) in [6.45, 7) is 0. The Bertz CT molecular complexity index is 858. The molecule has 0 unspecified atom stereocenters. The fourth-order valence-electron chi connectivity index (χ4n) is 2.14. The molecule has 3 aromatic rings. The molecule has 2 N–H and O–H groups in total. The molecule has 0 radical (unpaired) electrons. The number of nitrogens with one attached hydrogen (secondary N) is 2. The summed E-state index contributed by atoms with van der Waals surface area (Å²) < 4.78 is 5.17. The van der Waals surface area contributed by atoms with Gasteiger partial charge in [0.15, 0.2) is 0 Å². The van der Waals surface area contributed by atoms with Crippen molar-refractivity contribution in [2.24, 2.45) is 0 Å². The Morgan fingerprint density at radius 2 is 1.95 bits per heavy atom. The van der Waals surface area contributed by atoms with Crippen LogP contribution in [0.25, 0.3) is 10.9 Å². The van der Waals surface area contributed by atoms with Crippen LogP contribution in [0.1, 0.15) is 10.5 Å². The second kappa shape index (κ2) is 5.91. The average molecular weight is 335 g/mol. The Kier molecular flexibility index (Phi) is 3.96. The lowest BCUT2D eigenvalue weighted by Crippen LogP contribution is -2.12. The average Bonchev–Trinajstić information content (AvgIpc) is 2.94. The second-order valence-electron chi connectivity index (χ2n) is 4.71. The Morgan fingerprint density at radius 1 is 1.14 bits per heavy atom. The molecule has 0 saturated heterocycles. The number of carbonyl (C=O) groups is 1. The van der Waals surface area contributed by atoms with E-state index in [1.54, 1.807) is 31.4 Å². The molecule has 0 atom stereocenters. The maximum Gasteiger partial charge on any atom is 0.272 e. The molecule has 0 bridgehead atoms. The number of rotatable bonds is 3. The topological polar surface area (TPSA) is 54.1 Å². The highest BCUT2D eigenvalue weighted by molar-refractivity contribution is 6.35. The monoisotopic (exact) mass is 334 g/mol. The molecule has 1 amide bonds. The molecular weight excluding hydrogens is 323 g/mol. The number of aromatic amines is 1. The van der Waals surface area contributed by atoms with E-state index < -0.39 is 0 Å². The molecule has 2 aromatic carbocycles. The van der Waals surface area contributed by atoms with Gasteiger partial charge >= 0.3 is 0 Å². The van der Waals surface area contributed by atoms with Crippen molar-refractivity contribution in [3.8, 4) is 5.75 Å². The van der Waals surface area contributed by atoms with Crippen LogP contribution in [0, 0.1) is 0 Å². The lowest BCUT2D eigenvalue weighted by molar-refractivity contribution is 0.102. The molecule has 0 aliphatic heterocycles. The number of methoxy groups -OCH3 is 1. The summed E-state index contributed by atoms with van der Waals surface area (Å²) in [7, 11) is 1.60. The fourth-order valence-corrected chi connectivity index (χ4v) is 2.48. The number of H-pyrrole nitrogens is 1. The highest BCUT2D eigenvalue weighted by atomic mass is 35.5. The molecular formula is C16H12Cl2N2O2. The summed E-state index contributed by atoms with van der Waals surface area (Å²) in [5.74, 6) is 0.440. The van der Waals surface area contributed by atoms with Crippen molar-refractivity contribution in [2.75, 3.05) is 12.4 Å². The van der Waals surface area contributed by atoms with Gasteiger partial charge in [-0.25, -0.2) is 0 Å². The summed E-state index contributed by atoms with van der Waals surface area (Å²) in [6, 6.07) is 12.2. The van der Waals surface area contributed by atoms with Crippen molar-refractivity contribution in [3.05, 3.63) is 58.2 Å². The van der Waals surface area contributed by atoms with Gasteiger partial charge in [0.1, 0.15) is 11.4 Å². The smallest absolute Gasteiger partial charge is 0.272 e. The molecule has 112 valence electrons. The maximum atomic E-state index is 12.3. The van der Waals surface area contributed by atoms with Crippen LogP contribution < -0.4 is 10.1 Å². The highest BCUT2D eigenvalue weighted by Gasteiger charge is 2.12. The van der Waals surface area contributed by atoms with Crippen molar-refractivity contribution in [2.45, 2.75) is 0 Å². The maximum absolute atomic E-state index is 12.3. The lowest BCUT2D eigenvalue weighted by atomic mass is 10.2. The minimum Gasteiger partial charge on any atom is -0.497 e. The third-order valence-corrected chi connectivity index (χ3v) is 3.81. The number of aromatic nitrogens is 1. The quantitative estimate of drug-likeness (QED) is 0.727. The van der Waals surface area contributed by atoms with Crippen LogP contribution in [-0.2, 0) is 0 Å². The van der Waals surface area contributed by atoms with Crippen LogP contribution in [0.2, 0.25) is 10.0 Å². The third kappa shape index (κ3) is 2.89.